The van der Waals surface area contributed by atoms with Crippen molar-refractivity contribution < 1.29 is 9.53 Å². The molecule has 0 aliphatic heterocycles. The van der Waals surface area contributed by atoms with Gasteiger partial charge in [-0.05, 0) is 44.4 Å². The van der Waals surface area contributed by atoms with Crippen LogP contribution in [0.25, 0.3) is 0 Å². The quantitative estimate of drug-likeness (QED) is 0.603. The molecule has 2 fully saturated rings. The van der Waals surface area contributed by atoms with Crippen LogP contribution < -0.4 is 0 Å². The standard InChI is InChI=1S/C12H20O2/c1-12(11(13)14-2)9-5-3-6-10(12)8-4-7-9/h9-10H,3-8H2,1-2H3. The lowest BCUT2D eigenvalue weighted by molar-refractivity contribution is -0.166. The van der Waals surface area contributed by atoms with Crippen molar-refractivity contribution in [2.24, 2.45) is 17.3 Å². The molecule has 0 unspecified atom stereocenters. The van der Waals surface area contributed by atoms with Crippen LogP contribution >= 0.6 is 0 Å². The summed E-state index contributed by atoms with van der Waals surface area (Å²) in [6.07, 6.45) is 7.51. The zero-order valence-corrected chi connectivity index (χ0v) is 9.21. The van der Waals surface area contributed by atoms with Crippen molar-refractivity contribution in [2.45, 2.75) is 45.4 Å². The van der Waals surface area contributed by atoms with E-state index < -0.39 is 0 Å². The fourth-order valence-electron chi connectivity index (χ4n) is 3.60. The molecule has 2 bridgehead atoms. The third-order valence-corrected chi connectivity index (χ3v) is 4.53. The summed E-state index contributed by atoms with van der Waals surface area (Å²) in [4.78, 5) is 11.9. The van der Waals surface area contributed by atoms with Crippen molar-refractivity contribution >= 4 is 5.97 Å². The van der Waals surface area contributed by atoms with Crippen LogP contribution in [0.3, 0.4) is 0 Å². The van der Waals surface area contributed by atoms with Gasteiger partial charge in [0.2, 0.25) is 0 Å². The molecule has 2 aliphatic carbocycles. The summed E-state index contributed by atoms with van der Waals surface area (Å²) in [6.45, 7) is 2.13. The third kappa shape index (κ3) is 1.27. The summed E-state index contributed by atoms with van der Waals surface area (Å²) in [5.41, 5.74) is -0.161. The van der Waals surface area contributed by atoms with Crippen molar-refractivity contribution in [3.63, 3.8) is 0 Å². The van der Waals surface area contributed by atoms with E-state index in [1.807, 2.05) is 0 Å². The van der Waals surface area contributed by atoms with Gasteiger partial charge in [0.15, 0.2) is 0 Å². The number of fused-ring (bicyclic) bond motifs is 2. The second kappa shape index (κ2) is 3.56. The molecule has 0 aromatic heterocycles. The average molecular weight is 196 g/mol. The van der Waals surface area contributed by atoms with Gasteiger partial charge >= 0.3 is 5.97 Å². The van der Waals surface area contributed by atoms with Crippen molar-refractivity contribution in [3.05, 3.63) is 0 Å². The SMILES string of the molecule is COC(=O)C1(C)C2CCCC1CCC2. The van der Waals surface area contributed by atoms with E-state index in [2.05, 4.69) is 6.92 Å². The lowest BCUT2D eigenvalue weighted by Crippen LogP contribution is -2.48. The first kappa shape index (κ1) is 10.0. The molecule has 2 heteroatoms. The second-order valence-electron chi connectivity index (χ2n) is 5.03. The molecule has 0 radical (unpaired) electrons. The summed E-state index contributed by atoms with van der Waals surface area (Å²) >= 11 is 0. The van der Waals surface area contributed by atoms with E-state index >= 15 is 0 Å². The molecule has 0 saturated heterocycles. The molecule has 0 aromatic rings. The van der Waals surface area contributed by atoms with Gasteiger partial charge in [-0.1, -0.05) is 12.8 Å². The molecule has 80 valence electrons. The Labute approximate surface area is 86.0 Å². The van der Waals surface area contributed by atoms with E-state index in [9.17, 15) is 4.79 Å². The van der Waals surface area contributed by atoms with E-state index in [1.165, 1.54) is 45.6 Å². The van der Waals surface area contributed by atoms with Gasteiger partial charge in [-0.2, -0.15) is 0 Å². The Bertz CT molecular complexity index is 212. The monoisotopic (exact) mass is 196 g/mol. The Balaban J connectivity index is 2.26. The summed E-state index contributed by atoms with van der Waals surface area (Å²) in [7, 11) is 1.53. The van der Waals surface area contributed by atoms with Gasteiger partial charge < -0.3 is 4.74 Å². The van der Waals surface area contributed by atoms with Crippen molar-refractivity contribution in [1.29, 1.82) is 0 Å². The predicted octanol–water partition coefficient (Wildman–Crippen LogP) is 2.77. The molecule has 0 heterocycles. The average Bonchev–Trinajstić information content (AvgIpc) is 2.15. The molecule has 2 saturated carbocycles. The highest BCUT2D eigenvalue weighted by Gasteiger charge is 2.51. The smallest absolute Gasteiger partial charge is 0.312 e. The summed E-state index contributed by atoms with van der Waals surface area (Å²) in [5.74, 6) is 1.21. The number of hydrogen-bond acceptors (Lipinski definition) is 2. The lowest BCUT2D eigenvalue weighted by Gasteiger charge is -2.48. The fraction of sp³-hybridized carbons (Fsp3) is 0.917. The molecule has 14 heavy (non-hydrogen) atoms. The minimum Gasteiger partial charge on any atom is -0.469 e. The summed E-state index contributed by atoms with van der Waals surface area (Å²) < 4.78 is 4.99. The van der Waals surface area contributed by atoms with Crippen molar-refractivity contribution in [3.8, 4) is 0 Å². The van der Waals surface area contributed by atoms with Gasteiger partial charge in [0.1, 0.15) is 0 Å². The molecule has 0 spiro atoms. The van der Waals surface area contributed by atoms with Crippen LogP contribution in [0.4, 0.5) is 0 Å². The molecule has 0 amide bonds. The van der Waals surface area contributed by atoms with E-state index in [0.29, 0.717) is 11.8 Å². The number of methoxy groups -OCH3 is 1. The maximum atomic E-state index is 11.9. The lowest BCUT2D eigenvalue weighted by atomic mass is 9.55. The molecule has 2 aliphatic rings. The fourth-order valence-corrected chi connectivity index (χ4v) is 3.60. The van der Waals surface area contributed by atoms with Gasteiger partial charge in [-0.25, -0.2) is 0 Å². The van der Waals surface area contributed by atoms with Crippen LogP contribution in [0, 0.1) is 17.3 Å². The zero-order chi connectivity index (χ0) is 10.2. The van der Waals surface area contributed by atoms with E-state index in [-0.39, 0.29) is 11.4 Å². The van der Waals surface area contributed by atoms with Gasteiger partial charge in [0, 0.05) is 0 Å². The van der Waals surface area contributed by atoms with Crippen LogP contribution in [0.2, 0.25) is 0 Å². The third-order valence-electron chi connectivity index (χ3n) is 4.53. The second-order valence-corrected chi connectivity index (χ2v) is 5.03. The Kier molecular flexibility index (Phi) is 2.54. The first-order valence-corrected chi connectivity index (χ1v) is 5.78. The summed E-state index contributed by atoms with van der Waals surface area (Å²) in [5, 5.41) is 0. The van der Waals surface area contributed by atoms with Crippen molar-refractivity contribution in [1.82, 2.24) is 0 Å². The number of hydrogen-bond donors (Lipinski definition) is 0. The normalized spacial score (nSPS) is 41.9. The molecular weight excluding hydrogens is 176 g/mol. The number of carbonyl (C=O) groups excluding carboxylic acids is 1. The first-order valence-electron chi connectivity index (χ1n) is 5.78. The van der Waals surface area contributed by atoms with Gasteiger partial charge in [0.25, 0.3) is 0 Å². The van der Waals surface area contributed by atoms with Gasteiger partial charge in [-0.15, -0.1) is 0 Å². The topological polar surface area (TPSA) is 26.3 Å². The van der Waals surface area contributed by atoms with E-state index in [0.717, 1.165) is 0 Å². The highest BCUT2D eigenvalue weighted by molar-refractivity contribution is 5.77. The van der Waals surface area contributed by atoms with E-state index in [1.54, 1.807) is 0 Å². The van der Waals surface area contributed by atoms with Crippen LogP contribution in [0.15, 0.2) is 0 Å². The largest absolute Gasteiger partial charge is 0.469 e. The maximum Gasteiger partial charge on any atom is 0.312 e. The van der Waals surface area contributed by atoms with E-state index in [4.69, 9.17) is 4.74 Å². The molecular formula is C12H20O2. The molecule has 0 atom stereocenters. The minimum atomic E-state index is -0.161. The Morgan fingerprint density at radius 1 is 1.14 bits per heavy atom. The number of rotatable bonds is 1. The minimum absolute atomic E-state index is 0.0342. The Morgan fingerprint density at radius 3 is 1.93 bits per heavy atom. The van der Waals surface area contributed by atoms with Crippen LogP contribution in [-0.4, -0.2) is 13.1 Å². The van der Waals surface area contributed by atoms with Crippen LogP contribution in [-0.2, 0) is 9.53 Å². The highest BCUT2D eigenvalue weighted by atomic mass is 16.5. The zero-order valence-electron chi connectivity index (χ0n) is 9.21. The molecule has 2 nitrogen and oxygen atoms in total. The molecule has 0 N–H and O–H groups in total. The Hall–Kier alpha value is -0.530. The van der Waals surface area contributed by atoms with Gasteiger partial charge in [0.05, 0.1) is 12.5 Å². The predicted molar refractivity (Wildman–Crippen MR) is 54.8 cm³/mol. The van der Waals surface area contributed by atoms with Crippen molar-refractivity contribution in [2.75, 3.05) is 7.11 Å². The Morgan fingerprint density at radius 2 is 1.57 bits per heavy atom. The van der Waals surface area contributed by atoms with Gasteiger partial charge in [-0.3, -0.25) is 4.79 Å². The van der Waals surface area contributed by atoms with Crippen LogP contribution in [0.5, 0.6) is 0 Å². The maximum absolute atomic E-state index is 11.9. The number of ether oxygens (including phenoxy) is 1. The highest BCUT2D eigenvalue weighted by Crippen LogP contribution is 2.53. The number of esters is 1. The first-order chi connectivity index (χ1) is 6.69. The molecule has 2 rings (SSSR count). The summed E-state index contributed by atoms with van der Waals surface area (Å²) in [6, 6.07) is 0. The van der Waals surface area contributed by atoms with Crippen LogP contribution in [0.1, 0.15) is 45.4 Å². The number of carbonyl (C=O) groups is 1. The molecule has 0 aromatic carbocycles.